The average molecular weight is 513 g/mol. The SMILES string of the molecule is COC(=O)[C@@H](Cc1ccccc1)CN(OCc1ccccc1)S(=O)(=O)NC(=O)OCc1ccccc1. The van der Waals surface area contributed by atoms with Crippen molar-refractivity contribution in [3.8, 4) is 0 Å². The molecule has 3 aromatic carbocycles. The Kier molecular flexibility index (Phi) is 9.99. The lowest BCUT2D eigenvalue weighted by molar-refractivity contribution is -0.152. The van der Waals surface area contributed by atoms with Crippen LogP contribution in [0.5, 0.6) is 0 Å². The zero-order valence-corrected chi connectivity index (χ0v) is 20.6. The van der Waals surface area contributed by atoms with Crippen LogP contribution in [0.2, 0.25) is 0 Å². The number of nitrogens with one attached hydrogen (secondary N) is 1. The molecule has 0 bridgehead atoms. The van der Waals surface area contributed by atoms with E-state index in [0.29, 0.717) is 15.6 Å². The zero-order chi connectivity index (χ0) is 25.8. The minimum absolute atomic E-state index is 0.111. The van der Waals surface area contributed by atoms with E-state index in [4.69, 9.17) is 14.3 Å². The van der Waals surface area contributed by atoms with E-state index in [1.54, 1.807) is 48.5 Å². The number of nitrogens with zero attached hydrogens (tertiary/aromatic N) is 1. The molecule has 9 nitrogen and oxygen atoms in total. The predicted octanol–water partition coefficient (Wildman–Crippen LogP) is 3.62. The summed E-state index contributed by atoms with van der Waals surface area (Å²) in [4.78, 5) is 30.4. The maximum Gasteiger partial charge on any atom is 0.422 e. The molecule has 0 aliphatic rings. The number of carbonyl (C=O) groups is 2. The summed E-state index contributed by atoms with van der Waals surface area (Å²) in [6.07, 6.45) is -0.975. The molecule has 0 unspecified atom stereocenters. The molecule has 10 heteroatoms. The van der Waals surface area contributed by atoms with Gasteiger partial charge in [-0.1, -0.05) is 95.5 Å². The van der Waals surface area contributed by atoms with Crippen LogP contribution in [0.15, 0.2) is 91.0 Å². The van der Waals surface area contributed by atoms with Gasteiger partial charge in [0.1, 0.15) is 6.61 Å². The van der Waals surface area contributed by atoms with E-state index in [2.05, 4.69) is 0 Å². The Bertz CT molecular complexity index is 1210. The Labute approximate surface area is 210 Å². The first-order chi connectivity index (χ1) is 17.4. The van der Waals surface area contributed by atoms with Crippen LogP contribution >= 0.6 is 0 Å². The van der Waals surface area contributed by atoms with Gasteiger partial charge in [0.25, 0.3) is 0 Å². The highest BCUT2D eigenvalue weighted by Crippen LogP contribution is 2.16. The van der Waals surface area contributed by atoms with Gasteiger partial charge in [-0.05, 0) is 23.1 Å². The number of amides is 1. The molecular formula is C26H28N2O7S. The fourth-order valence-corrected chi connectivity index (χ4v) is 4.26. The van der Waals surface area contributed by atoms with Crippen molar-refractivity contribution in [3.63, 3.8) is 0 Å². The van der Waals surface area contributed by atoms with Crippen molar-refractivity contribution in [2.75, 3.05) is 13.7 Å². The van der Waals surface area contributed by atoms with Gasteiger partial charge < -0.3 is 9.47 Å². The van der Waals surface area contributed by atoms with Crippen molar-refractivity contribution in [1.29, 1.82) is 0 Å². The van der Waals surface area contributed by atoms with Crippen LogP contribution < -0.4 is 4.72 Å². The number of hydroxylamine groups is 1. The fourth-order valence-electron chi connectivity index (χ4n) is 3.32. The standard InChI is InChI=1S/C26H28N2O7S/c1-33-25(29)24(17-21-11-5-2-6-12-21)18-28(35-20-23-15-9-4-10-16-23)36(31,32)27-26(30)34-19-22-13-7-3-8-14-22/h2-16,24H,17-20H2,1H3,(H,27,30)/t24-/m0/s1. The van der Waals surface area contributed by atoms with Gasteiger partial charge in [0.15, 0.2) is 0 Å². The predicted molar refractivity (Wildman–Crippen MR) is 132 cm³/mol. The average Bonchev–Trinajstić information content (AvgIpc) is 2.90. The van der Waals surface area contributed by atoms with Crippen LogP contribution in [0.4, 0.5) is 4.79 Å². The normalized spacial score (nSPS) is 12.1. The van der Waals surface area contributed by atoms with Crippen molar-refractivity contribution < 1.29 is 32.3 Å². The van der Waals surface area contributed by atoms with Crippen molar-refractivity contribution in [2.24, 2.45) is 5.92 Å². The summed E-state index contributed by atoms with van der Waals surface area (Å²) < 4.78 is 38.6. The second kappa shape index (κ2) is 13.4. The first kappa shape index (κ1) is 26.9. The Balaban J connectivity index is 1.75. The lowest BCUT2D eigenvalue weighted by Crippen LogP contribution is -2.46. The molecule has 0 aromatic heterocycles. The Morgan fingerprint density at radius 3 is 1.83 bits per heavy atom. The van der Waals surface area contributed by atoms with Crippen molar-refractivity contribution >= 4 is 22.3 Å². The minimum Gasteiger partial charge on any atom is -0.469 e. The summed E-state index contributed by atoms with van der Waals surface area (Å²) in [5.74, 6) is -1.51. The summed E-state index contributed by atoms with van der Waals surface area (Å²) in [6, 6.07) is 26.8. The third-order valence-corrected chi connectivity index (χ3v) is 6.36. The molecule has 0 aliphatic heterocycles. The summed E-state index contributed by atoms with van der Waals surface area (Å²) >= 11 is 0. The van der Waals surface area contributed by atoms with Gasteiger partial charge in [0, 0.05) is 0 Å². The molecule has 0 heterocycles. The molecule has 190 valence electrons. The number of rotatable bonds is 12. The van der Waals surface area contributed by atoms with E-state index in [9.17, 15) is 18.0 Å². The molecule has 0 saturated carbocycles. The number of esters is 1. The highest BCUT2D eigenvalue weighted by Gasteiger charge is 2.32. The van der Waals surface area contributed by atoms with Gasteiger partial charge >= 0.3 is 22.3 Å². The summed E-state index contributed by atoms with van der Waals surface area (Å²) in [7, 11) is -3.32. The molecule has 0 saturated heterocycles. The van der Waals surface area contributed by atoms with E-state index >= 15 is 0 Å². The molecule has 36 heavy (non-hydrogen) atoms. The highest BCUT2D eigenvalue weighted by molar-refractivity contribution is 7.87. The largest absolute Gasteiger partial charge is 0.469 e. The number of ether oxygens (including phenoxy) is 2. The van der Waals surface area contributed by atoms with Crippen LogP contribution in [0.1, 0.15) is 16.7 Å². The zero-order valence-electron chi connectivity index (χ0n) is 19.8. The van der Waals surface area contributed by atoms with Gasteiger partial charge in [-0.25, -0.2) is 9.52 Å². The molecular weight excluding hydrogens is 484 g/mol. The molecule has 1 amide bonds. The van der Waals surface area contributed by atoms with E-state index < -0.39 is 34.7 Å². The molecule has 1 atom stereocenters. The van der Waals surface area contributed by atoms with Crippen LogP contribution in [-0.4, -0.2) is 38.6 Å². The Hall–Kier alpha value is -3.73. The first-order valence-electron chi connectivity index (χ1n) is 11.2. The van der Waals surface area contributed by atoms with Crippen molar-refractivity contribution in [2.45, 2.75) is 19.6 Å². The molecule has 0 aliphatic carbocycles. The molecule has 0 fully saturated rings. The van der Waals surface area contributed by atoms with E-state index in [0.717, 1.165) is 5.56 Å². The van der Waals surface area contributed by atoms with Crippen molar-refractivity contribution in [3.05, 3.63) is 108 Å². The molecule has 3 rings (SSSR count). The molecule has 1 N–H and O–H groups in total. The lowest BCUT2D eigenvalue weighted by Gasteiger charge is -2.25. The molecule has 3 aromatic rings. The smallest absolute Gasteiger partial charge is 0.422 e. The van der Waals surface area contributed by atoms with E-state index in [1.807, 2.05) is 47.2 Å². The first-order valence-corrected chi connectivity index (χ1v) is 12.6. The third-order valence-electron chi connectivity index (χ3n) is 5.14. The number of hydrogen-bond donors (Lipinski definition) is 1. The van der Waals surface area contributed by atoms with E-state index in [1.165, 1.54) is 7.11 Å². The van der Waals surface area contributed by atoms with E-state index in [-0.39, 0.29) is 19.6 Å². The molecule has 0 spiro atoms. The number of hydrogen-bond acceptors (Lipinski definition) is 7. The summed E-state index contributed by atoms with van der Waals surface area (Å²) in [6.45, 7) is -0.623. The number of methoxy groups -OCH3 is 1. The maximum absolute atomic E-state index is 13.1. The van der Waals surface area contributed by atoms with Gasteiger partial charge in [-0.3, -0.25) is 9.63 Å². The van der Waals surface area contributed by atoms with Gasteiger partial charge in [0.2, 0.25) is 0 Å². The minimum atomic E-state index is -4.55. The monoisotopic (exact) mass is 512 g/mol. The van der Waals surface area contributed by atoms with Gasteiger partial charge in [0.05, 0.1) is 26.2 Å². The highest BCUT2D eigenvalue weighted by atomic mass is 32.2. The Morgan fingerprint density at radius 2 is 1.31 bits per heavy atom. The van der Waals surface area contributed by atoms with Crippen LogP contribution in [0, 0.1) is 5.92 Å². The third kappa shape index (κ3) is 8.49. The topological polar surface area (TPSA) is 111 Å². The number of carbonyl (C=O) groups excluding carboxylic acids is 2. The van der Waals surface area contributed by atoms with Gasteiger partial charge in [-0.15, -0.1) is 0 Å². The van der Waals surface area contributed by atoms with Crippen molar-refractivity contribution in [1.82, 2.24) is 9.19 Å². The summed E-state index contributed by atoms with van der Waals surface area (Å²) in [5, 5.41) is 0. The number of benzene rings is 3. The van der Waals surface area contributed by atoms with Crippen LogP contribution in [-0.2, 0) is 48.9 Å². The quantitative estimate of drug-likeness (QED) is 0.291. The Morgan fingerprint density at radius 1 is 0.806 bits per heavy atom. The second-order valence-corrected chi connectivity index (χ2v) is 9.38. The summed E-state index contributed by atoms with van der Waals surface area (Å²) in [5.41, 5.74) is 2.20. The fraction of sp³-hybridized carbons (Fsp3) is 0.231. The lowest BCUT2D eigenvalue weighted by atomic mass is 10.00. The van der Waals surface area contributed by atoms with Gasteiger partial charge in [-0.2, -0.15) is 8.42 Å². The molecule has 0 radical (unpaired) electrons. The second-order valence-electron chi connectivity index (χ2n) is 7.82. The van der Waals surface area contributed by atoms with Crippen LogP contribution in [0.3, 0.4) is 0 Å². The maximum atomic E-state index is 13.1. The van der Waals surface area contributed by atoms with Crippen LogP contribution in [0.25, 0.3) is 0 Å².